The number of nitrogens with zero attached hydrogens (tertiary/aromatic N) is 4. The van der Waals surface area contributed by atoms with Gasteiger partial charge in [0.05, 0.1) is 0 Å². The molecule has 10 heteroatoms. The van der Waals surface area contributed by atoms with Gasteiger partial charge in [-0.3, -0.25) is 4.79 Å². The third kappa shape index (κ3) is 3.13. The number of carbonyl (C=O) groups is 1. The number of amides is 1. The van der Waals surface area contributed by atoms with Crippen LogP contribution in [0.3, 0.4) is 0 Å². The van der Waals surface area contributed by atoms with E-state index in [4.69, 9.17) is 0 Å². The van der Waals surface area contributed by atoms with Gasteiger partial charge in [-0.25, -0.2) is 0 Å². The van der Waals surface area contributed by atoms with Gasteiger partial charge in [0.1, 0.15) is 5.82 Å². The highest BCUT2D eigenvalue weighted by Gasteiger charge is 2.37. The summed E-state index contributed by atoms with van der Waals surface area (Å²) >= 11 is 0. The molecule has 0 radical (unpaired) electrons. The number of nitrogens with one attached hydrogen (secondary N) is 2. The van der Waals surface area contributed by atoms with Crippen LogP contribution in [0.15, 0.2) is 12.1 Å². The van der Waals surface area contributed by atoms with Gasteiger partial charge >= 0.3 is 6.18 Å². The van der Waals surface area contributed by atoms with Crippen molar-refractivity contribution < 1.29 is 18.0 Å². The number of carbonyl (C=O) groups excluding carboxylic acids is 1. The highest BCUT2D eigenvalue weighted by atomic mass is 19.4. The van der Waals surface area contributed by atoms with Crippen LogP contribution in [0.4, 0.5) is 19.0 Å². The van der Waals surface area contributed by atoms with Crippen molar-refractivity contribution in [1.29, 1.82) is 0 Å². The molecule has 0 aliphatic carbocycles. The van der Waals surface area contributed by atoms with Gasteiger partial charge in [0, 0.05) is 20.0 Å². The molecule has 0 atom stereocenters. The molecular weight excluding hydrogens is 277 g/mol. The van der Waals surface area contributed by atoms with E-state index in [-0.39, 0.29) is 17.4 Å². The molecule has 0 saturated heterocycles. The number of aromatic nitrogens is 4. The van der Waals surface area contributed by atoms with E-state index in [0.717, 1.165) is 0 Å². The summed E-state index contributed by atoms with van der Waals surface area (Å²) in [6, 6.07) is 2.86. The van der Waals surface area contributed by atoms with Crippen molar-refractivity contribution in [3.63, 3.8) is 0 Å². The predicted octanol–water partition coefficient (Wildman–Crippen LogP) is 0.691. The summed E-state index contributed by atoms with van der Waals surface area (Å²) in [4.78, 5) is 10.7. The molecule has 0 fully saturated rings. The normalized spacial score (nSPS) is 11.6. The van der Waals surface area contributed by atoms with E-state index in [1.165, 1.54) is 19.1 Å². The molecule has 0 unspecified atom stereocenters. The molecule has 108 valence electrons. The summed E-state index contributed by atoms with van der Waals surface area (Å²) in [5.74, 6) is -1.14. The Balaban J connectivity index is 2.14. The zero-order valence-corrected chi connectivity index (χ0v) is 10.4. The van der Waals surface area contributed by atoms with Crippen molar-refractivity contribution in [3.8, 4) is 0 Å². The Kier molecular flexibility index (Phi) is 3.72. The second-order valence-electron chi connectivity index (χ2n) is 3.92. The van der Waals surface area contributed by atoms with E-state index in [0.29, 0.717) is 17.6 Å². The molecule has 2 N–H and O–H groups in total. The Morgan fingerprint density at radius 2 is 2.05 bits per heavy atom. The first-order chi connectivity index (χ1) is 9.38. The number of alkyl halides is 3. The average molecular weight is 288 g/mol. The molecule has 0 aromatic carbocycles. The van der Waals surface area contributed by atoms with Crippen LogP contribution in [0, 0.1) is 0 Å². The fourth-order valence-electron chi connectivity index (χ4n) is 1.49. The van der Waals surface area contributed by atoms with Gasteiger partial charge in [-0.05, 0) is 12.1 Å². The zero-order chi connectivity index (χ0) is 14.8. The third-order valence-corrected chi connectivity index (χ3v) is 2.32. The summed E-state index contributed by atoms with van der Waals surface area (Å²) < 4.78 is 38.6. The molecular formula is C10H11F3N6O. The van der Waals surface area contributed by atoms with Crippen LogP contribution in [0.25, 0.3) is 5.65 Å². The number of halogens is 3. The van der Waals surface area contributed by atoms with E-state index in [1.54, 1.807) is 0 Å². The topological polar surface area (TPSA) is 84.2 Å². The van der Waals surface area contributed by atoms with Gasteiger partial charge in [0.15, 0.2) is 5.65 Å². The monoisotopic (exact) mass is 288 g/mol. The number of hydrogen-bond acceptors (Lipinski definition) is 5. The van der Waals surface area contributed by atoms with E-state index in [1.807, 2.05) is 0 Å². The fourth-order valence-corrected chi connectivity index (χ4v) is 1.49. The van der Waals surface area contributed by atoms with Gasteiger partial charge in [-0.1, -0.05) is 0 Å². The lowest BCUT2D eigenvalue weighted by atomic mass is 10.5. The lowest BCUT2D eigenvalue weighted by Crippen LogP contribution is -2.26. The van der Waals surface area contributed by atoms with Crippen molar-refractivity contribution in [2.45, 2.75) is 13.1 Å². The molecule has 2 aromatic heterocycles. The molecule has 0 bridgehead atoms. The smallest absolute Gasteiger partial charge is 0.367 e. The van der Waals surface area contributed by atoms with E-state index >= 15 is 0 Å². The third-order valence-electron chi connectivity index (χ3n) is 2.32. The Labute approximate surface area is 111 Å². The van der Waals surface area contributed by atoms with Crippen LogP contribution in [0.2, 0.25) is 0 Å². The van der Waals surface area contributed by atoms with Crippen molar-refractivity contribution in [2.75, 3.05) is 18.4 Å². The van der Waals surface area contributed by atoms with Crippen LogP contribution in [0.1, 0.15) is 12.7 Å². The first-order valence-electron chi connectivity index (χ1n) is 5.66. The second-order valence-corrected chi connectivity index (χ2v) is 3.92. The SMILES string of the molecule is CC(=O)NCCNc1ccc2nnc(C(F)(F)F)n2n1. The summed E-state index contributed by atoms with van der Waals surface area (Å²) in [7, 11) is 0. The molecule has 20 heavy (non-hydrogen) atoms. The Hall–Kier alpha value is -2.39. The quantitative estimate of drug-likeness (QED) is 0.809. The molecule has 0 aliphatic rings. The summed E-state index contributed by atoms with van der Waals surface area (Å²) in [6.07, 6.45) is -4.62. The molecule has 0 saturated carbocycles. The molecule has 1 amide bonds. The van der Waals surface area contributed by atoms with Crippen LogP contribution in [-0.2, 0) is 11.0 Å². The molecule has 2 heterocycles. The van der Waals surface area contributed by atoms with Crippen LogP contribution >= 0.6 is 0 Å². The maximum Gasteiger partial charge on any atom is 0.453 e. The second kappa shape index (κ2) is 5.31. The number of rotatable bonds is 4. The summed E-state index contributed by atoms with van der Waals surface area (Å²) in [5.41, 5.74) is 0.00439. The first-order valence-corrected chi connectivity index (χ1v) is 5.66. The lowest BCUT2D eigenvalue weighted by molar-refractivity contribution is -0.146. The molecule has 2 aromatic rings. The first kappa shape index (κ1) is 14.0. The standard InChI is InChI=1S/C10H11F3N6O/c1-6(20)14-4-5-15-7-2-3-8-16-17-9(10(11,12)13)19(8)18-7/h2-3H,4-5H2,1H3,(H,14,20)(H,15,18). The highest BCUT2D eigenvalue weighted by Crippen LogP contribution is 2.27. The predicted molar refractivity (Wildman–Crippen MR) is 63.0 cm³/mol. The maximum absolute atomic E-state index is 12.6. The molecule has 0 aliphatic heterocycles. The number of fused-ring (bicyclic) bond motifs is 1. The van der Waals surface area contributed by atoms with Crippen molar-refractivity contribution >= 4 is 17.4 Å². The van der Waals surface area contributed by atoms with Crippen molar-refractivity contribution in [3.05, 3.63) is 18.0 Å². The fraction of sp³-hybridized carbons (Fsp3) is 0.400. The average Bonchev–Trinajstić information content (AvgIpc) is 2.77. The van der Waals surface area contributed by atoms with Gasteiger partial charge in [0.25, 0.3) is 5.82 Å². The zero-order valence-electron chi connectivity index (χ0n) is 10.4. The van der Waals surface area contributed by atoms with Gasteiger partial charge < -0.3 is 10.6 Å². The maximum atomic E-state index is 12.6. The van der Waals surface area contributed by atoms with Crippen molar-refractivity contribution in [1.82, 2.24) is 25.1 Å². The van der Waals surface area contributed by atoms with E-state index < -0.39 is 12.0 Å². The van der Waals surface area contributed by atoms with Gasteiger partial charge in [0.2, 0.25) is 5.91 Å². The van der Waals surface area contributed by atoms with Crippen LogP contribution in [0.5, 0.6) is 0 Å². The van der Waals surface area contributed by atoms with Gasteiger partial charge in [-0.2, -0.15) is 17.7 Å². The van der Waals surface area contributed by atoms with E-state index in [2.05, 4.69) is 25.9 Å². The Morgan fingerprint density at radius 3 is 2.70 bits per heavy atom. The molecule has 7 nitrogen and oxygen atoms in total. The minimum atomic E-state index is -4.62. The minimum absolute atomic E-state index is 0.00439. The molecule has 0 spiro atoms. The lowest BCUT2D eigenvalue weighted by Gasteiger charge is -2.07. The highest BCUT2D eigenvalue weighted by molar-refractivity contribution is 5.72. The van der Waals surface area contributed by atoms with Gasteiger partial charge in [-0.15, -0.1) is 15.3 Å². The Bertz CT molecular complexity index is 623. The minimum Gasteiger partial charge on any atom is -0.367 e. The number of anilines is 1. The van der Waals surface area contributed by atoms with E-state index in [9.17, 15) is 18.0 Å². The molecule has 2 rings (SSSR count). The van der Waals surface area contributed by atoms with Crippen LogP contribution in [-0.4, -0.2) is 38.8 Å². The summed E-state index contributed by atoms with van der Waals surface area (Å²) in [6.45, 7) is 2.04. The van der Waals surface area contributed by atoms with Crippen molar-refractivity contribution in [2.24, 2.45) is 0 Å². The summed E-state index contributed by atoms with van der Waals surface area (Å²) in [5, 5.41) is 15.6. The van der Waals surface area contributed by atoms with Crippen LogP contribution < -0.4 is 10.6 Å². The number of hydrogen-bond donors (Lipinski definition) is 2. The Morgan fingerprint density at radius 1 is 1.30 bits per heavy atom. The largest absolute Gasteiger partial charge is 0.453 e.